The highest BCUT2D eigenvalue weighted by molar-refractivity contribution is 6.23. The SMILES string of the molecule is c1ccc(-c2nc(-c3cccc(-c4cccc(-n5c6ccccc6c6c7oc8ccccc8c7ccc65)c4)c3)nc(-c3cccc4c3-c3ccccc3C4(c3ccccc3)c3ccccc3)n2)cc1. The molecule has 0 aliphatic heterocycles. The lowest BCUT2D eigenvalue weighted by molar-refractivity contribution is 0.673. The van der Waals surface area contributed by atoms with Crippen LogP contribution in [0, 0.1) is 0 Å². The summed E-state index contributed by atoms with van der Waals surface area (Å²) in [5.74, 6) is 1.85. The van der Waals surface area contributed by atoms with Gasteiger partial charge in [-0.05, 0) is 87.0 Å². The summed E-state index contributed by atoms with van der Waals surface area (Å²) in [6.45, 7) is 0. The van der Waals surface area contributed by atoms with Crippen LogP contribution < -0.4 is 0 Å². The van der Waals surface area contributed by atoms with E-state index in [4.69, 9.17) is 19.4 Å². The van der Waals surface area contributed by atoms with Crippen molar-refractivity contribution in [1.82, 2.24) is 19.5 Å². The first-order valence-corrected chi connectivity index (χ1v) is 23.4. The molecule has 0 atom stereocenters. The van der Waals surface area contributed by atoms with E-state index in [1.165, 1.54) is 27.8 Å². The highest BCUT2D eigenvalue weighted by Crippen LogP contribution is 2.58. The minimum atomic E-state index is -0.551. The zero-order valence-corrected chi connectivity index (χ0v) is 37.3. The first-order valence-electron chi connectivity index (χ1n) is 23.4. The zero-order valence-electron chi connectivity index (χ0n) is 37.3. The van der Waals surface area contributed by atoms with Crippen molar-refractivity contribution >= 4 is 43.7 Å². The number of nitrogens with zero attached hydrogens (tertiary/aromatic N) is 4. The van der Waals surface area contributed by atoms with E-state index in [0.29, 0.717) is 17.5 Å². The van der Waals surface area contributed by atoms with Gasteiger partial charge in [-0.25, -0.2) is 15.0 Å². The van der Waals surface area contributed by atoms with E-state index >= 15 is 0 Å². The fourth-order valence-corrected chi connectivity index (χ4v) is 11.2. The summed E-state index contributed by atoms with van der Waals surface area (Å²) in [5, 5.41) is 4.52. The minimum Gasteiger partial charge on any atom is -0.455 e. The monoisotopic (exact) mass is 880 g/mol. The van der Waals surface area contributed by atoms with Gasteiger partial charge < -0.3 is 8.98 Å². The number of hydrogen-bond acceptors (Lipinski definition) is 4. The number of furan rings is 1. The zero-order chi connectivity index (χ0) is 45.5. The molecule has 3 heterocycles. The van der Waals surface area contributed by atoms with Crippen molar-refractivity contribution in [2.45, 2.75) is 5.41 Å². The molecule has 1 aliphatic carbocycles. The summed E-state index contributed by atoms with van der Waals surface area (Å²) in [6, 6.07) is 86.2. The Kier molecular flexibility index (Phi) is 8.73. The van der Waals surface area contributed by atoms with E-state index < -0.39 is 5.41 Å². The topological polar surface area (TPSA) is 56.7 Å². The molecule has 69 heavy (non-hydrogen) atoms. The smallest absolute Gasteiger partial charge is 0.164 e. The number of fused-ring (bicyclic) bond motifs is 10. The molecule has 322 valence electrons. The standard InChI is InChI=1S/C64H40N4O/c1-4-19-41(20-5-1)61-65-62(67-63(66-61)52-32-18-34-54-58(52)50-30-10-13-33-53(50)64(54,45-24-6-2-7-25-45)46-26-8-3-9-27-46)44-23-16-21-42(39-44)43-22-17-28-47(40-43)68-55-35-14-11-31-51(55)59-56(68)38-37-49-48-29-12-15-36-57(48)69-60(49)59/h1-40H. The van der Waals surface area contributed by atoms with E-state index in [-0.39, 0.29) is 0 Å². The second kappa shape index (κ2) is 15.4. The van der Waals surface area contributed by atoms with Crippen LogP contribution in [0.3, 0.4) is 0 Å². The Hall–Kier alpha value is -9.19. The number of benzene rings is 10. The molecule has 0 fully saturated rings. The van der Waals surface area contributed by atoms with Crippen LogP contribution in [0.5, 0.6) is 0 Å². The maximum Gasteiger partial charge on any atom is 0.164 e. The molecule has 14 rings (SSSR count). The highest BCUT2D eigenvalue weighted by Gasteiger charge is 2.47. The van der Waals surface area contributed by atoms with Crippen LogP contribution >= 0.6 is 0 Å². The van der Waals surface area contributed by atoms with Gasteiger partial charge in [-0.3, -0.25) is 0 Å². The molecular formula is C64H40N4O. The predicted molar refractivity (Wildman–Crippen MR) is 280 cm³/mol. The Morgan fingerprint density at radius 2 is 0.928 bits per heavy atom. The first kappa shape index (κ1) is 39.0. The highest BCUT2D eigenvalue weighted by atomic mass is 16.3. The molecule has 0 saturated carbocycles. The van der Waals surface area contributed by atoms with Crippen molar-refractivity contribution in [2.75, 3.05) is 0 Å². The summed E-state index contributed by atoms with van der Waals surface area (Å²) < 4.78 is 8.95. The molecule has 0 bridgehead atoms. The lowest BCUT2D eigenvalue weighted by Crippen LogP contribution is -2.28. The van der Waals surface area contributed by atoms with Crippen molar-refractivity contribution in [2.24, 2.45) is 0 Å². The van der Waals surface area contributed by atoms with Crippen LogP contribution in [-0.4, -0.2) is 19.5 Å². The van der Waals surface area contributed by atoms with Crippen molar-refractivity contribution in [3.63, 3.8) is 0 Å². The van der Waals surface area contributed by atoms with Crippen molar-refractivity contribution in [1.29, 1.82) is 0 Å². The summed E-state index contributed by atoms with van der Waals surface area (Å²) in [4.78, 5) is 16.0. The summed E-state index contributed by atoms with van der Waals surface area (Å²) >= 11 is 0. The van der Waals surface area contributed by atoms with Crippen LogP contribution in [0.15, 0.2) is 247 Å². The molecule has 10 aromatic carbocycles. The number of aromatic nitrogens is 4. The van der Waals surface area contributed by atoms with Gasteiger partial charge in [0.15, 0.2) is 17.5 Å². The molecule has 0 N–H and O–H groups in total. The third-order valence-electron chi connectivity index (χ3n) is 14.1. The quantitative estimate of drug-likeness (QED) is 0.160. The molecule has 13 aromatic rings. The predicted octanol–water partition coefficient (Wildman–Crippen LogP) is 15.9. The number of hydrogen-bond donors (Lipinski definition) is 0. The first-order chi connectivity index (χ1) is 34.2. The van der Waals surface area contributed by atoms with Gasteiger partial charge in [0.1, 0.15) is 11.2 Å². The molecular weight excluding hydrogens is 841 g/mol. The van der Waals surface area contributed by atoms with Gasteiger partial charge in [-0.2, -0.15) is 0 Å². The van der Waals surface area contributed by atoms with Gasteiger partial charge in [0.2, 0.25) is 0 Å². The molecule has 3 aromatic heterocycles. The fraction of sp³-hybridized carbons (Fsp3) is 0.0156. The average molecular weight is 881 g/mol. The van der Waals surface area contributed by atoms with E-state index in [2.05, 4.69) is 217 Å². The second-order valence-electron chi connectivity index (χ2n) is 17.8. The summed E-state index contributed by atoms with van der Waals surface area (Å²) in [5.41, 5.74) is 16.6. The molecule has 0 amide bonds. The Morgan fingerprint density at radius 3 is 1.72 bits per heavy atom. The molecule has 0 saturated heterocycles. The molecule has 0 spiro atoms. The third kappa shape index (κ3) is 5.94. The van der Waals surface area contributed by atoms with Crippen LogP contribution in [0.1, 0.15) is 22.3 Å². The van der Waals surface area contributed by atoms with Crippen molar-refractivity contribution in [3.8, 4) is 62.1 Å². The van der Waals surface area contributed by atoms with Crippen LogP contribution in [0.2, 0.25) is 0 Å². The third-order valence-corrected chi connectivity index (χ3v) is 14.1. The van der Waals surface area contributed by atoms with Crippen molar-refractivity contribution < 1.29 is 4.42 Å². The van der Waals surface area contributed by atoms with Gasteiger partial charge in [0, 0.05) is 38.5 Å². The number of para-hydroxylation sites is 2. The van der Waals surface area contributed by atoms with Gasteiger partial charge in [0.05, 0.1) is 21.8 Å². The number of rotatable bonds is 7. The normalized spacial score (nSPS) is 12.8. The van der Waals surface area contributed by atoms with Gasteiger partial charge in [0.25, 0.3) is 0 Å². The lowest BCUT2D eigenvalue weighted by Gasteiger charge is -2.33. The largest absolute Gasteiger partial charge is 0.455 e. The van der Waals surface area contributed by atoms with Crippen LogP contribution in [0.4, 0.5) is 0 Å². The maximum atomic E-state index is 6.60. The Bertz CT molecular complexity index is 4100. The Morgan fingerprint density at radius 1 is 0.362 bits per heavy atom. The minimum absolute atomic E-state index is 0.551. The van der Waals surface area contributed by atoms with Crippen LogP contribution in [0.25, 0.3) is 106 Å². The molecule has 5 heteroatoms. The molecule has 0 radical (unpaired) electrons. The van der Waals surface area contributed by atoms with E-state index in [1.807, 2.05) is 30.3 Å². The molecule has 5 nitrogen and oxygen atoms in total. The second-order valence-corrected chi connectivity index (χ2v) is 17.8. The Labute approximate surface area is 398 Å². The molecule has 1 aliphatic rings. The molecule has 0 unspecified atom stereocenters. The lowest BCUT2D eigenvalue weighted by atomic mass is 9.67. The van der Waals surface area contributed by atoms with Crippen molar-refractivity contribution in [3.05, 3.63) is 265 Å². The Balaban J connectivity index is 0.930. The summed E-state index contributed by atoms with van der Waals surface area (Å²) in [6.07, 6.45) is 0. The average Bonchev–Trinajstić information content (AvgIpc) is 4.08. The fourth-order valence-electron chi connectivity index (χ4n) is 11.2. The van der Waals surface area contributed by atoms with Gasteiger partial charge in [-0.15, -0.1) is 0 Å². The van der Waals surface area contributed by atoms with Gasteiger partial charge in [-0.1, -0.05) is 200 Å². The summed E-state index contributed by atoms with van der Waals surface area (Å²) in [7, 11) is 0. The van der Waals surface area contributed by atoms with Gasteiger partial charge >= 0.3 is 0 Å². The van der Waals surface area contributed by atoms with E-state index in [9.17, 15) is 0 Å². The van der Waals surface area contributed by atoms with E-state index in [0.717, 1.165) is 82.8 Å². The van der Waals surface area contributed by atoms with Crippen LogP contribution in [-0.2, 0) is 5.41 Å². The van der Waals surface area contributed by atoms with E-state index in [1.54, 1.807) is 0 Å². The maximum absolute atomic E-state index is 6.60.